The fourth-order valence-electron chi connectivity index (χ4n) is 4.38. The molecule has 2 nitrogen and oxygen atoms in total. The highest BCUT2D eigenvalue weighted by atomic mass is 79.9. The molecule has 0 radical (unpaired) electrons. The van der Waals surface area contributed by atoms with Crippen LogP contribution in [0.5, 0.6) is 0 Å². The van der Waals surface area contributed by atoms with Crippen molar-refractivity contribution in [2.45, 2.75) is 27.2 Å². The molecule has 1 N–H and O–H groups in total. The molecule has 1 fully saturated rings. The summed E-state index contributed by atoms with van der Waals surface area (Å²) >= 11 is 6.89. The topological polar surface area (TPSA) is 37.3 Å². The molecule has 1 aliphatic carbocycles. The van der Waals surface area contributed by atoms with Gasteiger partial charge in [0.05, 0.1) is 9.31 Å². The molecule has 2 aromatic rings. The van der Waals surface area contributed by atoms with E-state index in [4.69, 9.17) is 0 Å². The lowest BCUT2D eigenvalue weighted by Crippen LogP contribution is -2.13. The standard InChI is InChI=1S/C22H22Br2O2/c1-14-16(10-7-11-17(14)15-8-5-4-6-9-15)12-22(13-18(23)24)19(20(25)26)21(22,2)3/h4-11,13,19H,12H2,1-3H3,(H,25,26)/t19-,22+/m0/s1. The van der Waals surface area contributed by atoms with Crippen molar-refractivity contribution >= 4 is 37.8 Å². The van der Waals surface area contributed by atoms with Crippen LogP contribution in [-0.4, -0.2) is 11.1 Å². The summed E-state index contributed by atoms with van der Waals surface area (Å²) in [7, 11) is 0. The van der Waals surface area contributed by atoms with Crippen molar-refractivity contribution in [3.63, 3.8) is 0 Å². The first-order valence-electron chi connectivity index (χ1n) is 8.61. The molecule has 1 saturated carbocycles. The Kier molecular flexibility index (Phi) is 5.19. The molecular formula is C22H22Br2O2. The van der Waals surface area contributed by atoms with Crippen molar-refractivity contribution in [2.75, 3.05) is 0 Å². The molecule has 2 aromatic carbocycles. The van der Waals surface area contributed by atoms with E-state index in [1.807, 2.05) is 38.1 Å². The zero-order valence-corrected chi connectivity index (χ0v) is 18.3. The number of carboxylic acid groups (broad SMARTS) is 1. The van der Waals surface area contributed by atoms with Gasteiger partial charge in [0.1, 0.15) is 0 Å². The number of carboxylic acids is 1. The molecular weight excluding hydrogens is 456 g/mol. The average Bonchev–Trinajstić information content (AvgIpc) is 3.03. The van der Waals surface area contributed by atoms with Gasteiger partial charge in [0, 0.05) is 5.41 Å². The second-order valence-electron chi connectivity index (χ2n) is 7.60. The molecule has 0 amide bonds. The van der Waals surface area contributed by atoms with Crippen LogP contribution in [0, 0.1) is 23.7 Å². The fraction of sp³-hybridized carbons (Fsp3) is 0.318. The normalized spacial score (nSPS) is 23.3. The zero-order chi connectivity index (χ0) is 19.1. The van der Waals surface area contributed by atoms with Crippen molar-refractivity contribution in [1.29, 1.82) is 0 Å². The van der Waals surface area contributed by atoms with Crippen LogP contribution in [0.4, 0.5) is 0 Å². The summed E-state index contributed by atoms with van der Waals surface area (Å²) in [6.07, 6.45) is 2.73. The Hall–Kier alpha value is -1.39. The van der Waals surface area contributed by atoms with Crippen LogP contribution in [-0.2, 0) is 11.2 Å². The molecule has 0 aromatic heterocycles. The smallest absolute Gasteiger partial charge is 0.307 e. The largest absolute Gasteiger partial charge is 0.481 e. The Morgan fingerprint density at radius 2 is 1.77 bits per heavy atom. The monoisotopic (exact) mass is 476 g/mol. The number of halogens is 2. The van der Waals surface area contributed by atoms with Crippen LogP contribution in [0.2, 0.25) is 0 Å². The second-order valence-corrected chi connectivity index (χ2v) is 10.4. The Bertz CT molecular complexity index is 867. The van der Waals surface area contributed by atoms with Gasteiger partial charge in [-0.1, -0.05) is 68.5 Å². The minimum atomic E-state index is -0.732. The minimum Gasteiger partial charge on any atom is -0.481 e. The number of benzene rings is 2. The second kappa shape index (κ2) is 6.97. The number of carbonyl (C=O) groups is 1. The Morgan fingerprint density at radius 3 is 2.31 bits per heavy atom. The van der Waals surface area contributed by atoms with Crippen LogP contribution in [0.3, 0.4) is 0 Å². The lowest BCUT2D eigenvalue weighted by molar-refractivity contribution is -0.139. The van der Waals surface area contributed by atoms with E-state index in [1.54, 1.807) is 0 Å². The molecule has 3 rings (SSSR count). The highest BCUT2D eigenvalue weighted by Gasteiger charge is 2.73. The maximum atomic E-state index is 11.9. The SMILES string of the molecule is Cc1c(C[C@@]2(C=C(Br)Br)[C@@H](C(=O)O)C2(C)C)cccc1-c1ccccc1. The number of hydrogen-bond donors (Lipinski definition) is 1. The lowest BCUT2D eigenvalue weighted by atomic mass is 9.85. The van der Waals surface area contributed by atoms with Crippen molar-refractivity contribution in [2.24, 2.45) is 16.7 Å². The van der Waals surface area contributed by atoms with Gasteiger partial charge in [-0.2, -0.15) is 0 Å². The highest BCUT2D eigenvalue weighted by molar-refractivity contribution is 9.28. The van der Waals surface area contributed by atoms with Gasteiger partial charge in [-0.25, -0.2) is 0 Å². The third kappa shape index (κ3) is 3.18. The first kappa shape index (κ1) is 19.4. The molecule has 2 atom stereocenters. The molecule has 136 valence electrons. The van der Waals surface area contributed by atoms with E-state index < -0.39 is 17.3 Å². The number of allylic oxidation sites excluding steroid dienone is 1. The average molecular weight is 478 g/mol. The van der Waals surface area contributed by atoms with Crippen LogP contribution < -0.4 is 0 Å². The summed E-state index contributed by atoms with van der Waals surface area (Å²) in [6.45, 7) is 6.21. The van der Waals surface area contributed by atoms with Crippen molar-refractivity contribution in [3.05, 3.63) is 69.1 Å². The van der Waals surface area contributed by atoms with E-state index in [1.165, 1.54) is 22.3 Å². The summed E-state index contributed by atoms with van der Waals surface area (Å²) in [5.74, 6) is -1.13. The third-order valence-corrected chi connectivity index (χ3v) is 6.44. The summed E-state index contributed by atoms with van der Waals surface area (Å²) in [5, 5.41) is 9.76. The van der Waals surface area contributed by atoms with Gasteiger partial charge in [0.25, 0.3) is 0 Å². The van der Waals surface area contributed by atoms with Gasteiger partial charge in [0.15, 0.2) is 0 Å². The fourth-order valence-corrected chi connectivity index (χ4v) is 5.20. The minimum absolute atomic E-state index is 0.305. The van der Waals surface area contributed by atoms with Crippen molar-refractivity contribution < 1.29 is 9.90 Å². The Balaban J connectivity index is 2.05. The van der Waals surface area contributed by atoms with E-state index in [9.17, 15) is 9.90 Å². The zero-order valence-electron chi connectivity index (χ0n) is 15.1. The van der Waals surface area contributed by atoms with Crippen molar-refractivity contribution in [1.82, 2.24) is 0 Å². The first-order chi connectivity index (χ1) is 12.2. The van der Waals surface area contributed by atoms with Crippen molar-refractivity contribution in [3.8, 4) is 11.1 Å². The summed E-state index contributed by atoms with van der Waals surface area (Å²) in [6, 6.07) is 16.6. The highest BCUT2D eigenvalue weighted by Crippen LogP contribution is 2.72. The van der Waals surface area contributed by atoms with Crippen LogP contribution in [0.15, 0.2) is 58.0 Å². The quantitative estimate of drug-likeness (QED) is 0.529. The molecule has 0 unspecified atom stereocenters. The molecule has 4 heteroatoms. The van der Waals surface area contributed by atoms with Gasteiger partial charge >= 0.3 is 5.97 Å². The van der Waals surface area contributed by atoms with E-state index in [0.29, 0.717) is 6.42 Å². The van der Waals surface area contributed by atoms with Crippen LogP contribution in [0.25, 0.3) is 11.1 Å². The molecule has 0 saturated heterocycles. The lowest BCUT2D eigenvalue weighted by Gasteiger charge is -2.20. The molecule has 26 heavy (non-hydrogen) atoms. The van der Waals surface area contributed by atoms with Crippen LogP contribution in [0.1, 0.15) is 25.0 Å². The summed E-state index contributed by atoms with van der Waals surface area (Å²) in [4.78, 5) is 11.9. The van der Waals surface area contributed by atoms with Gasteiger partial charge < -0.3 is 5.11 Å². The van der Waals surface area contributed by atoms with E-state index >= 15 is 0 Å². The molecule has 0 aliphatic heterocycles. The Morgan fingerprint density at radius 1 is 1.12 bits per heavy atom. The molecule has 0 bridgehead atoms. The van der Waals surface area contributed by atoms with E-state index in [0.717, 1.165) is 3.39 Å². The van der Waals surface area contributed by atoms with Gasteiger partial charge in [-0.15, -0.1) is 0 Å². The predicted molar refractivity (Wildman–Crippen MR) is 114 cm³/mol. The number of hydrogen-bond acceptors (Lipinski definition) is 1. The van der Waals surface area contributed by atoms with Gasteiger partial charge in [0.2, 0.25) is 0 Å². The maximum Gasteiger partial charge on any atom is 0.307 e. The van der Waals surface area contributed by atoms with E-state index in [2.05, 4.69) is 69.1 Å². The molecule has 1 aliphatic rings. The van der Waals surface area contributed by atoms with Crippen LogP contribution >= 0.6 is 31.9 Å². The Labute approximate surface area is 171 Å². The summed E-state index contributed by atoms with van der Waals surface area (Å²) in [5.41, 5.74) is 4.07. The van der Waals surface area contributed by atoms with Gasteiger partial charge in [-0.05, 0) is 72.9 Å². The van der Waals surface area contributed by atoms with E-state index in [-0.39, 0.29) is 5.41 Å². The first-order valence-corrected chi connectivity index (χ1v) is 10.2. The molecule has 0 heterocycles. The van der Waals surface area contributed by atoms with Gasteiger partial charge in [-0.3, -0.25) is 4.79 Å². The number of aliphatic carboxylic acids is 1. The predicted octanol–water partition coefficient (Wildman–Crippen LogP) is 6.56. The maximum absolute atomic E-state index is 11.9. The third-order valence-electron chi connectivity index (χ3n) is 5.98. The summed E-state index contributed by atoms with van der Waals surface area (Å²) < 4.78 is 0.804. The molecule has 0 spiro atoms. The number of rotatable bonds is 5.